The van der Waals surface area contributed by atoms with Crippen molar-refractivity contribution in [3.05, 3.63) is 12.2 Å². The van der Waals surface area contributed by atoms with E-state index in [1.807, 2.05) is 0 Å². The minimum Gasteiger partial charge on any atom is -0.0882 e. The van der Waals surface area contributed by atoms with Crippen LogP contribution in [-0.2, 0) is 0 Å². The maximum atomic E-state index is 2.50. The van der Waals surface area contributed by atoms with Gasteiger partial charge >= 0.3 is 0 Å². The van der Waals surface area contributed by atoms with Gasteiger partial charge in [0.25, 0.3) is 0 Å². The molecule has 3 unspecified atom stereocenters. The molecule has 0 heterocycles. The van der Waals surface area contributed by atoms with Gasteiger partial charge in [0.2, 0.25) is 0 Å². The zero-order valence-corrected chi connectivity index (χ0v) is 8.13. The van der Waals surface area contributed by atoms with Gasteiger partial charge in [-0.05, 0) is 37.0 Å². The summed E-state index contributed by atoms with van der Waals surface area (Å²) in [7, 11) is 0. The zero-order valence-electron chi connectivity index (χ0n) is 8.13. The van der Waals surface area contributed by atoms with Crippen LogP contribution in [-0.4, -0.2) is 0 Å². The van der Waals surface area contributed by atoms with Gasteiger partial charge in [-0.2, -0.15) is 0 Å². The fraction of sp³-hybridized carbons (Fsp3) is 0.833. The largest absolute Gasteiger partial charge is 0.0882 e. The van der Waals surface area contributed by atoms with Crippen LogP contribution in [0.1, 0.15) is 45.4 Å². The maximum absolute atomic E-state index is 2.50. The minimum absolute atomic E-state index is 0.956. The summed E-state index contributed by atoms with van der Waals surface area (Å²) in [5, 5.41) is 0. The van der Waals surface area contributed by atoms with Crippen molar-refractivity contribution in [3.8, 4) is 0 Å². The number of fused-ring (bicyclic) bond motifs is 1. The molecule has 0 aromatic heterocycles. The molecule has 1 saturated carbocycles. The highest BCUT2D eigenvalue weighted by atomic mass is 14.4. The third-order valence-electron chi connectivity index (χ3n) is 3.84. The molecule has 12 heavy (non-hydrogen) atoms. The van der Waals surface area contributed by atoms with Crippen molar-refractivity contribution in [1.82, 2.24) is 0 Å². The third-order valence-corrected chi connectivity index (χ3v) is 3.84. The third kappa shape index (κ3) is 1.44. The first kappa shape index (κ1) is 8.34. The lowest BCUT2D eigenvalue weighted by Gasteiger charge is -2.38. The number of allylic oxidation sites excluding steroid dienone is 2. The van der Waals surface area contributed by atoms with Crippen molar-refractivity contribution in [1.29, 1.82) is 0 Å². The van der Waals surface area contributed by atoms with Gasteiger partial charge in [0.1, 0.15) is 0 Å². The molecule has 1 fully saturated rings. The van der Waals surface area contributed by atoms with Gasteiger partial charge in [0.05, 0.1) is 0 Å². The number of hydrogen-bond acceptors (Lipinski definition) is 0. The summed E-state index contributed by atoms with van der Waals surface area (Å²) in [4.78, 5) is 0. The molecule has 0 spiro atoms. The minimum atomic E-state index is 0.956. The fourth-order valence-corrected chi connectivity index (χ4v) is 3.15. The molecular weight excluding hydrogens is 144 g/mol. The zero-order chi connectivity index (χ0) is 8.39. The Morgan fingerprint density at radius 3 is 3.00 bits per heavy atom. The fourth-order valence-electron chi connectivity index (χ4n) is 3.15. The highest BCUT2D eigenvalue weighted by Crippen LogP contribution is 2.42. The van der Waals surface area contributed by atoms with Crippen LogP contribution in [0, 0.1) is 17.8 Å². The molecule has 0 amide bonds. The molecule has 0 heteroatoms. The van der Waals surface area contributed by atoms with Crippen LogP contribution in [0.2, 0.25) is 0 Å². The summed E-state index contributed by atoms with van der Waals surface area (Å²) >= 11 is 0. The van der Waals surface area contributed by atoms with E-state index in [1.165, 1.54) is 38.5 Å². The Balaban J connectivity index is 2.06. The topological polar surface area (TPSA) is 0 Å². The summed E-state index contributed by atoms with van der Waals surface area (Å²) in [5.41, 5.74) is 0. The Bertz CT molecular complexity index is 169. The highest BCUT2D eigenvalue weighted by Gasteiger charge is 2.31. The normalized spacial score (nSPS) is 40.9. The molecule has 2 aliphatic carbocycles. The Hall–Kier alpha value is -0.260. The second-order valence-corrected chi connectivity index (χ2v) is 4.43. The Kier molecular flexibility index (Phi) is 2.53. The molecular formula is C12H20. The Morgan fingerprint density at radius 2 is 2.17 bits per heavy atom. The predicted molar refractivity (Wildman–Crippen MR) is 53.0 cm³/mol. The van der Waals surface area contributed by atoms with Crippen molar-refractivity contribution in [3.63, 3.8) is 0 Å². The maximum Gasteiger partial charge on any atom is -0.0202 e. The predicted octanol–water partition coefficient (Wildman–Crippen LogP) is 3.78. The molecule has 3 atom stereocenters. The molecule has 0 aromatic rings. The van der Waals surface area contributed by atoms with Gasteiger partial charge in [-0.3, -0.25) is 0 Å². The van der Waals surface area contributed by atoms with E-state index in [4.69, 9.17) is 0 Å². The van der Waals surface area contributed by atoms with Crippen LogP contribution in [0.15, 0.2) is 12.2 Å². The van der Waals surface area contributed by atoms with Gasteiger partial charge in [-0.1, -0.05) is 38.3 Å². The molecule has 0 aromatic carbocycles. The quantitative estimate of drug-likeness (QED) is 0.517. The highest BCUT2D eigenvalue weighted by molar-refractivity contribution is 5.00. The molecule has 0 nitrogen and oxygen atoms in total. The lowest BCUT2D eigenvalue weighted by atomic mass is 9.67. The van der Waals surface area contributed by atoms with Gasteiger partial charge in [-0.25, -0.2) is 0 Å². The van der Waals surface area contributed by atoms with Crippen molar-refractivity contribution < 1.29 is 0 Å². The van der Waals surface area contributed by atoms with Crippen molar-refractivity contribution in [2.75, 3.05) is 0 Å². The lowest BCUT2D eigenvalue weighted by Crippen LogP contribution is -2.28. The Labute approximate surface area is 76.1 Å². The first-order chi connectivity index (χ1) is 5.92. The van der Waals surface area contributed by atoms with Crippen LogP contribution in [0.5, 0.6) is 0 Å². The van der Waals surface area contributed by atoms with E-state index in [2.05, 4.69) is 19.1 Å². The molecule has 2 rings (SSSR count). The SMILES string of the molecule is CCC1CCCC2C=CCCC21. The molecule has 0 N–H and O–H groups in total. The van der Waals surface area contributed by atoms with Gasteiger partial charge in [0.15, 0.2) is 0 Å². The van der Waals surface area contributed by atoms with Crippen molar-refractivity contribution in [2.24, 2.45) is 17.8 Å². The standard InChI is InChI=1S/C12H20/c1-2-10-7-5-8-11-6-3-4-9-12(10)11/h3,6,10-12H,2,4-5,7-9H2,1H3. The molecule has 0 bridgehead atoms. The van der Waals surface area contributed by atoms with Crippen LogP contribution >= 0.6 is 0 Å². The van der Waals surface area contributed by atoms with E-state index in [0.29, 0.717) is 0 Å². The van der Waals surface area contributed by atoms with E-state index >= 15 is 0 Å². The average Bonchev–Trinajstić information content (AvgIpc) is 2.17. The molecule has 0 aliphatic heterocycles. The van der Waals surface area contributed by atoms with E-state index in [1.54, 1.807) is 0 Å². The first-order valence-corrected chi connectivity index (χ1v) is 5.58. The lowest BCUT2D eigenvalue weighted by molar-refractivity contribution is 0.162. The first-order valence-electron chi connectivity index (χ1n) is 5.58. The summed E-state index contributed by atoms with van der Waals surface area (Å²) in [6, 6.07) is 0. The molecule has 2 aliphatic rings. The molecule has 0 radical (unpaired) electrons. The van der Waals surface area contributed by atoms with E-state index < -0.39 is 0 Å². The van der Waals surface area contributed by atoms with Crippen LogP contribution in [0.4, 0.5) is 0 Å². The Morgan fingerprint density at radius 1 is 1.25 bits per heavy atom. The van der Waals surface area contributed by atoms with Crippen LogP contribution < -0.4 is 0 Å². The van der Waals surface area contributed by atoms with E-state index in [-0.39, 0.29) is 0 Å². The monoisotopic (exact) mass is 164 g/mol. The summed E-state index contributed by atoms with van der Waals surface area (Å²) < 4.78 is 0. The average molecular weight is 164 g/mol. The number of hydrogen-bond donors (Lipinski definition) is 0. The number of rotatable bonds is 1. The second-order valence-electron chi connectivity index (χ2n) is 4.43. The van der Waals surface area contributed by atoms with Crippen molar-refractivity contribution >= 4 is 0 Å². The van der Waals surface area contributed by atoms with Crippen LogP contribution in [0.3, 0.4) is 0 Å². The van der Waals surface area contributed by atoms with E-state index in [9.17, 15) is 0 Å². The smallest absolute Gasteiger partial charge is 0.0202 e. The van der Waals surface area contributed by atoms with Gasteiger partial charge < -0.3 is 0 Å². The summed E-state index contributed by atoms with van der Waals surface area (Å²) in [6.07, 6.45) is 13.6. The molecule has 0 saturated heterocycles. The van der Waals surface area contributed by atoms with Crippen LogP contribution in [0.25, 0.3) is 0 Å². The van der Waals surface area contributed by atoms with E-state index in [0.717, 1.165) is 17.8 Å². The molecule has 68 valence electrons. The second kappa shape index (κ2) is 3.64. The summed E-state index contributed by atoms with van der Waals surface area (Å²) in [6.45, 7) is 2.37. The van der Waals surface area contributed by atoms with Gasteiger partial charge in [0, 0.05) is 0 Å². The summed E-state index contributed by atoms with van der Waals surface area (Å²) in [5.74, 6) is 3.06. The van der Waals surface area contributed by atoms with Gasteiger partial charge in [-0.15, -0.1) is 0 Å². The van der Waals surface area contributed by atoms with Crippen molar-refractivity contribution in [2.45, 2.75) is 45.4 Å².